The molecular weight excluding hydrogens is 381 g/mol. The molecule has 2 heterocycles. The Kier molecular flexibility index (Phi) is 4.56. The number of rotatable bonds is 3. The standard InChI is InChI=1S/C19H20FN5O4/c1-11-4-6-19(7-5-11)17(28)25(18(29)22-19)23-15(26)9-24-10-21-14-3-2-12(20)8-13(14)16(24)27/h2-3,8,10-11H,4-7,9H2,1H3,(H,22,29)(H,23,26). The molecule has 1 aromatic heterocycles. The van der Waals surface area contributed by atoms with Crippen LogP contribution < -0.4 is 16.3 Å². The molecule has 4 rings (SSSR count). The van der Waals surface area contributed by atoms with Gasteiger partial charge in [0.05, 0.1) is 17.2 Å². The summed E-state index contributed by atoms with van der Waals surface area (Å²) in [6, 6.07) is 2.91. The molecule has 2 fully saturated rings. The van der Waals surface area contributed by atoms with Crippen LogP contribution in [0.1, 0.15) is 32.6 Å². The van der Waals surface area contributed by atoms with Gasteiger partial charge in [-0.05, 0) is 49.8 Å². The van der Waals surface area contributed by atoms with Gasteiger partial charge >= 0.3 is 6.03 Å². The predicted octanol–water partition coefficient (Wildman–Crippen LogP) is 1.07. The van der Waals surface area contributed by atoms with Crippen molar-refractivity contribution in [2.45, 2.75) is 44.7 Å². The molecule has 10 heteroatoms. The van der Waals surface area contributed by atoms with E-state index in [-0.39, 0.29) is 5.39 Å². The molecule has 2 N–H and O–H groups in total. The molecule has 0 atom stereocenters. The summed E-state index contributed by atoms with van der Waals surface area (Å²) in [4.78, 5) is 53.9. The van der Waals surface area contributed by atoms with Crippen LogP contribution in [0.4, 0.5) is 9.18 Å². The van der Waals surface area contributed by atoms with E-state index in [9.17, 15) is 23.6 Å². The van der Waals surface area contributed by atoms with E-state index in [1.165, 1.54) is 12.1 Å². The summed E-state index contributed by atoms with van der Waals surface area (Å²) < 4.78 is 14.4. The number of hydrogen-bond donors (Lipinski definition) is 2. The number of urea groups is 1. The number of amides is 4. The number of hydrazine groups is 1. The first-order valence-corrected chi connectivity index (χ1v) is 9.40. The van der Waals surface area contributed by atoms with Crippen molar-refractivity contribution in [3.05, 3.63) is 40.7 Å². The second-order valence-electron chi connectivity index (χ2n) is 7.71. The van der Waals surface area contributed by atoms with Crippen molar-refractivity contribution in [1.82, 2.24) is 25.3 Å². The molecular formula is C19H20FN5O4. The summed E-state index contributed by atoms with van der Waals surface area (Å²) in [5.74, 6) is -1.35. The lowest BCUT2D eigenvalue weighted by atomic mass is 9.77. The molecule has 1 aliphatic heterocycles. The minimum absolute atomic E-state index is 0.0329. The number of nitrogens with one attached hydrogen (secondary N) is 2. The van der Waals surface area contributed by atoms with E-state index >= 15 is 0 Å². The highest BCUT2D eigenvalue weighted by Gasteiger charge is 2.52. The van der Waals surface area contributed by atoms with Crippen LogP contribution in [0.25, 0.3) is 10.9 Å². The lowest BCUT2D eigenvalue weighted by molar-refractivity contribution is -0.140. The second kappa shape index (κ2) is 6.94. The van der Waals surface area contributed by atoms with E-state index in [4.69, 9.17) is 0 Å². The quantitative estimate of drug-likeness (QED) is 0.747. The first-order valence-electron chi connectivity index (χ1n) is 9.40. The van der Waals surface area contributed by atoms with Gasteiger partial charge in [0.15, 0.2) is 0 Å². The summed E-state index contributed by atoms with van der Waals surface area (Å²) in [5, 5.41) is 3.41. The van der Waals surface area contributed by atoms with Gasteiger partial charge in [-0.25, -0.2) is 14.2 Å². The molecule has 152 valence electrons. The molecule has 0 bridgehead atoms. The molecule has 1 spiro atoms. The Balaban J connectivity index is 1.50. The number of nitrogens with zero attached hydrogens (tertiary/aromatic N) is 3. The van der Waals surface area contributed by atoms with Gasteiger partial charge in [0.2, 0.25) is 0 Å². The number of halogens is 1. The van der Waals surface area contributed by atoms with Gasteiger partial charge < -0.3 is 5.32 Å². The maximum Gasteiger partial charge on any atom is 0.344 e. The Hall–Kier alpha value is -3.30. The number of carbonyl (C=O) groups excluding carboxylic acids is 3. The molecule has 29 heavy (non-hydrogen) atoms. The summed E-state index contributed by atoms with van der Waals surface area (Å²) in [6.45, 7) is 1.62. The van der Waals surface area contributed by atoms with Crippen LogP contribution in [0.15, 0.2) is 29.3 Å². The lowest BCUT2D eigenvalue weighted by Crippen LogP contribution is -2.52. The summed E-state index contributed by atoms with van der Waals surface area (Å²) in [5.41, 5.74) is 0.995. The number of imide groups is 1. The van der Waals surface area contributed by atoms with Crippen LogP contribution in [0.3, 0.4) is 0 Å². The lowest BCUT2D eigenvalue weighted by Gasteiger charge is -2.33. The zero-order chi connectivity index (χ0) is 20.8. The third-order valence-corrected chi connectivity index (χ3v) is 5.63. The molecule has 0 radical (unpaired) electrons. The van der Waals surface area contributed by atoms with Crippen molar-refractivity contribution in [2.75, 3.05) is 0 Å². The van der Waals surface area contributed by atoms with Gasteiger partial charge in [0, 0.05) is 0 Å². The second-order valence-corrected chi connectivity index (χ2v) is 7.71. The van der Waals surface area contributed by atoms with E-state index in [2.05, 4.69) is 22.7 Å². The molecule has 1 saturated carbocycles. The smallest absolute Gasteiger partial charge is 0.322 e. The minimum atomic E-state index is -0.976. The number of benzene rings is 1. The summed E-state index contributed by atoms with van der Waals surface area (Å²) in [6.07, 6.45) is 3.82. The van der Waals surface area contributed by atoms with Gasteiger partial charge in [-0.1, -0.05) is 6.92 Å². The highest BCUT2D eigenvalue weighted by molar-refractivity contribution is 6.08. The largest absolute Gasteiger partial charge is 0.344 e. The Morgan fingerprint density at radius 2 is 2.03 bits per heavy atom. The highest BCUT2D eigenvalue weighted by atomic mass is 19.1. The summed E-state index contributed by atoms with van der Waals surface area (Å²) >= 11 is 0. The highest BCUT2D eigenvalue weighted by Crippen LogP contribution is 2.35. The number of aromatic nitrogens is 2. The van der Waals surface area contributed by atoms with Crippen molar-refractivity contribution in [1.29, 1.82) is 0 Å². The molecule has 1 aromatic carbocycles. The predicted molar refractivity (Wildman–Crippen MR) is 99.8 cm³/mol. The molecule has 9 nitrogen and oxygen atoms in total. The Labute approximate surface area is 164 Å². The zero-order valence-corrected chi connectivity index (χ0v) is 15.8. The van der Waals surface area contributed by atoms with E-state index in [1.807, 2.05) is 0 Å². The summed E-state index contributed by atoms with van der Waals surface area (Å²) in [7, 11) is 0. The molecule has 1 saturated heterocycles. The fourth-order valence-corrected chi connectivity index (χ4v) is 3.87. The van der Waals surface area contributed by atoms with Gasteiger partial charge in [0.1, 0.15) is 17.9 Å². The number of fused-ring (bicyclic) bond motifs is 1. The van der Waals surface area contributed by atoms with Crippen LogP contribution in [0.5, 0.6) is 0 Å². The van der Waals surface area contributed by atoms with Crippen LogP contribution in [-0.2, 0) is 16.1 Å². The minimum Gasteiger partial charge on any atom is -0.322 e. The van der Waals surface area contributed by atoms with E-state index in [1.54, 1.807) is 0 Å². The van der Waals surface area contributed by atoms with Crippen molar-refractivity contribution in [3.63, 3.8) is 0 Å². The number of carbonyl (C=O) groups is 3. The molecule has 2 aliphatic rings. The van der Waals surface area contributed by atoms with Crippen LogP contribution >= 0.6 is 0 Å². The first kappa shape index (κ1) is 19.0. The average Bonchev–Trinajstić information content (AvgIpc) is 2.91. The fraction of sp³-hybridized carbons (Fsp3) is 0.421. The van der Waals surface area contributed by atoms with Crippen molar-refractivity contribution < 1.29 is 18.8 Å². The van der Waals surface area contributed by atoms with Gasteiger partial charge in [-0.3, -0.25) is 24.4 Å². The van der Waals surface area contributed by atoms with Crippen molar-refractivity contribution in [2.24, 2.45) is 5.92 Å². The van der Waals surface area contributed by atoms with Crippen LogP contribution in [0, 0.1) is 11.7 Å². The van der Waals surface area contributed by atoms with Crippen LogP contribution in [-0.4, -0.2) is 37.9 Å². The SMILES string of the molecule is CC1CCC2(CC1)NC(=O)N(NC(=O)Cn1cnc3ccc(F)cc3c1=O)C2=O. The maximum absolute atomic E-state index is 13.4. The average molecular weight is 401 g/mol. The first-order chi connectivity index (χ1) is 13.8. The molecule has 2 aromatic rings. The van der Waals surface area contributed by atoms with Crippen molar-refractivity contribution in [3.8, 4) is 0 Å². The topological polar surface area (TPSA) is 113 Å². The third kappa shape index (κ3) is 3.34. The molecule has 1 aliphatic carbocycles. The monoisotopic (exact) mass is 401 g/mol. The number of hydrogen-bond acceptors (Lipinski definition) is 5. The zero-order valence-electron chi connectivity index (χ0n) is 15.8. The molecule has 0 unspecified atom stereocenters. The molecule has 4 amide bonds. The van der Waals surface area contributed by atoms with E-state index < -0.39 is 41.3 Å². The third-order valence-electron chi connectivity index (χ3n) is 5.63. The van der Waals surface area contributed by atoms with Gasteiger partial charge in [-0.2, -0.15) is 5.01 Å². The Bertz CT molecular complexity index is 1070. The Morgan fingerprint density at radius 1 is 1.31 bits per heavy atom. The maximum atomic E-state index is 13.4. The Morgan fingerprint density at radius 3 is 2.76 bits per heavy atom. The fourth-order valence-electron chi connectivity index (χ4n) is 3.87. The van der Waals surface area contributed by atoms with Gasteiger partial charge in [-0.15, -0.1) is 0 Å². The van der Waals surface area contributed by atoms with E-state index in [0.29, 0.717) is 29.3 Å². The van der Waals surface area contributed by atoms with Crippen LogP contribution in [0.2, 0.25) is 0 Å². The van der Waals surface area contributed by atoms with Crippen molar-refractivity contribution >= 4 is 28.7 Å². The van der Waals surface area contributed by atoms with E-state index in [0.717, 1.165) is 29.8 Å². The normalized spacial score (nSPS) is 24.2. The van der Waals surface area contributed by atoms with Gasteiger partial charge in [0.25, 0.3) is 17.4 Å².